The Labute approximate surface area is 59.0 Å². The summed E-state index contributed by atoms with van der Waals surface area (Å²) in [5, 5.41) is 10.1. The molecule has 56 valence electrons. The molecule has 5 heteroatoms. The number of aromatic nitrogens is 3. The number of nitrogens with two attached hydrogens (primary N) is 1. The van der Waals surface area contributed by atoms with Crippen molar-refractivity contribution in [3.05, 3.63) is 11.9 Å². The van der Waals surface area contributed by atoms with Crippen LogP contribution in [0.15, 0.2) is 6.20 Å². The number of hydrazine groups is 1. The first kappa shape index (κ1) is 7.17. The van der Waals surface area contributed by atoms with Gasteiger partial charge in [0.1, 0.15) is 5.69 Å². The Morgan fingerprint density at radius 2 is 2.70 bits per heavy atom. The fourth-order valence-corrected chi connectivity index (χ4v) is 0.791. The maximum atomic E-state index is 5.24. The number of H-pyrrole nitrogens is 1. The van der Waals surface area contributed by atoms with Crippen molar-refractivity contribution in [3.63, 3.8) is 0 Å². The van der Waals surface area contributed by atoms with Gasteiger partial charge in [0.25, 0.3) is 0 Å². The van der Waals surface area contributed by atoms with Crippen LogP contribution in [0.5, 0.6) is 0 Å². The minimum Gasteiger partial charge on any atom is -0.271 e. The first-order chi connectivity index (χ1) is 4.88. The Balaban J connectivity index is 2.64. The van der Waals surface area contributed by atoms with E-state index in [4.69, 9.17) is 5.84 Å². The van der Waals surface area contributed by atoms with Crippen molar-refractivity contribution >= 4 is 0 Å². The van der Waals surface area contributed by atoms with E-state index in [-0.39, 0.29) is 6.04 Å². The van der Waals surface area contributed by atoms with Gasteiger partial charge in [-0.3, -0.25) is 11.3 Å². The lowest BCUT2D eigenvalue weighted by atomic mass is 10.2. The quantitative estimate of drug-likeness (QED) is 0.399. The van der Waals surface area contributed by atoms with Crippen LogP contribution in [-0.4, -0.2) is 15.4 Å². The van der Waals surface area contributed by atoms with Crippen LogP contribution in [0.1, 0.15) is 25.1 Å². The molecule has 10 heavy (non-hydrogen) atoms. The maximum absolute atomic E-state index is 5.24. The summed E-state index contributed by atoms with van der Waals surface area (Å²) in [7, 11) is 0. The van der Waals surface area contributed by atoms with Gasteiger partial charge in [0, 0.05) is 0 Å². The predicted molar refractivity (Wildman–Crippen MR) is 36.7 cm³/mol. The molecule has 1 heterocycles. The molecule has 0 saturated heterocycles. The van der Waals surface area contributed by atoms with Gasteiger partial charge in [-0.15, -0.1) is 0 Å². The summed E-state index contributed by atoms with van der Waals surface area (Å²) in [5.41, 5.74) is 3.48. The van der Waals surface area contributed by atoms with E-state index in [1.807, 2.05) is 6.92 Å². The second-order valence-corrected chi connectivity index (χ2v) is 2.02. The average molecular weight is 141 g/mol. The maximum Gasteiger partial charge on any atom is 0.101 e. The molecule has 0 fully saturated rings. The highest BCUT2D eigenvalue weighted by Gasteiger charge is 2.07. The van der Waals surface area contributed by atoms with E-state index in [1.165, 1.54) is 0 Å². The molecule has 0 bridgehead atoms. The molecule has 0 saturated carbocycles. The highest BCUT2D eigenvalue weighted by molar-refractivity contribution is 4.97. The highest BCUT2D eigenvalue weighted by atomic mass is 15.3. The molecular formula is C5H11N5. The van der Waals surface area contributed by atoms with Crippen molar-refractivity contribution in [3.8, 4) is 0 Å². The minimum absolute atomic E-state index is 0.110. The minimum atomic E-state index is 0.110. The van der Waals surface area contributed by atoms with E-state index in [1.54, 1.807) is 6.20 Å². The zero-order valence-corrected chi connectivity index (χ0v) is 5.83. The van der Waals surface area contributed by atoms with E-state index in [9.17, 15) is 0 Å². The third kappa shape index (κ3) is 1.31. The van der Waals surface area contributed by atoms with Crippen molar-refractivity contribution < 1.29 is 0 Å². The summed E-state index contributed by atoms with van der Waals surface area (Å²) in [6, 6.07) is 0.110. The van der Waals surface area contributed by atoms with Crippen molar-refractivity contribution in [2.24, 2.45) is 5.84 Å². The van der Waals surface area contributed by atoms with Gasteiger partial charge in [-0.1, -0.05) is 6.92 Å². The molecule has 0 spiro atoms. The van der Waals surface area contributed by atoms with Gasteiger partial charge in [-0.05, 0) is 6.42 Å². The summed E-state index contributed by atoms with van der Waals surface area (Å²) in [4.78, 5) is 0. The molecule has 1 rings (SSSR count). The number of nitrogens with zero attached hydrogens (tertiary/aromatic N) is 2. The molecular weight excluding hydrogens is 130 g/mol. The Kier molecular flexibility index (Phi) is 2.35. The van der Waals surface area contributed by atoms with Gasteiger partial charge in [0.05, 0.1) is 12.2 Å². The average Bonchev–Trinajstić information content (AvgIpc) is 2.43. The lowest BCUT2D eigenvalue weighted by molar-refractivity contribution is 0.525. The van der Waals surface area contributed by atoms with Crippen LogP contribution in [0.25, 0.3) is 0 Å². The zero-order chi connectivity index (χ0) is 7.40. The standard InChI is InChI=1S/C5H11N5/c1-2-4(8-6)5-3-7-10-9-5/h3-4,8H,2,6H2,1H3,(H,7,9,10). The number of nitrogens with one attached hydrogen (secondary N) is 2. The summed E-state index contributed by atoms with van der Waals surface area (Å²) in [5.74, 6) is 5.24. The van der Waals surface area contributed by atoms with Gasteiger partial charge in [-0.25, -0.2) is 0 Å². The van der Waals surface area contributed by atoms with E-state index in [2.05, 4.69) is 20.8 Å². The Morgan fingerprint density at radius 1 is 1.90 bits per heavy atom. The molecule has 1 aromatic rings. The molecule has 0 amide bonds. The Morgan fingerprint density at radius 3 is 3.10 bits per heavy atom. The predicted octanol–water partition coefficient (Wildman–Crippen LogP) is -0.281. The Bertz CT molecular complexity index is 166. The lowest BCUT2D eigenvalue weighted by Crippen LogP contribution is -2.27. The summed E-state index contributed by atoms with van der Waals surface area (Å²) >= 11 is 0. The zero-order valence-electron chi connectivity index (χ0n) is 5.83. The molecule has 1 atom stereocenters. The van der Waals surface area contributed by atoms with Gasteiger partial charge in [0.2, 0.25) is 0 Å². The second kappa shape index (κ2) is 3.28. The molecule has 4 N–H and O–H groups in total. The molecule has 1 unspecified atom stereocenters. The summed E-state index contributed by atoms with van der Waals surface area (Å²) < 4.78 is 0. The highest BCUT2D eigenvalue weighted by Crippen LogP contribution is 2.09. The van der Waals surface area contributed by atoms with Crippen LogP contribution < -0.4 is 11.3 Å². The largest absolute Gasteiger partial charge is 0.271 e. The SMILES string of the molecule is CCC(NN)c1cn[nH]n1. The number of rotatable bonds is 3. The third-order valence-corrected chi connectivity index (χ3v) is 1.40. The second-order valence-electron chi connectivity index (χ2n) is 2.02. The smallest absolute Gasteiger partial charge is 0.101 e. The van der Waals surface area contributed by atoms with E-state index in [0.29, 0.717) is 0 Å². The van der Waals surface area contributed by atoms with Crippen molar-refractivity contribution in [2.75, 3.05) is 0 Å². The number of hydrogen-bond acceptors (Lipinski definition) is 4. The molecule has 0 aliphatic rings. The molecule has 5 nitrogen and oxygen atoms in total. The summed E-state index contributed by atoms with van der Waals surface area (Å²) in [6.45, 7) is 2.03. The molecule has 0 aliphatic heterocycles. The monoisotopic (exact) mass is 141 g/mol. The van der Waals surface area contributed by atoms with Gasteiger partial charge in [-0.2, -0.15) is 15.4 Å². The fourth-order valence-electron chi connectivity index (χ4n) is 0.791. The van der Waals surface area contributed by atoms with E-state index < -0.39 is 0 Å². The van der Waals surface area contributed by atoms with Crippen LogP contribution in [0.3, 0.4) is 0 Å². The number of aromatic amines is 1. The van der Waals surface area contributed by atoms with Crippen LogP contribution in [0.4, 0.5) is 0 Å². The topological polar surface area (TPSA) is 79.6 Å². The molecule has 1 aromatic heterocycles. The summed E-state index contributed by atoms with van der Waals surface area (Å²) in [6.07, 6.45) is 2.57. The molecule has 0 aliphatic carbocycles. The fraction of sp³-hybridized carbons (Fsp3) is 0.600. The normalized spacial score (nSPS) is 13.4. The van der Waals surface area contributed by atoms with Gasteiger partial charge >= 0.3 is 0 Å². The van der Waals surface area contributed by atoms with Crippen molar-refractivity contribution in [2.45, 2.75) is 19.4 Å². The Hall–Kier alpha value is -0.940. The molecule has 0 radical (unpaired) electrons. The first-order valence-corrected chi connectivity index (χ1v) is 3.20. The van der Waals surface area contributed by atoms with Gasteiger partial charge < -0.3 is 0 Å². The lowest BCUT2D eigenvalue weighted by Gasteiger charge is -2.07. The van der Waals surface area contributed by atoms with Crippen molar-refractivity contribution in [1.29, 1.82) is 0 Å². The van der Waals surface area contributed by atoms with Crippen LogP contribution in [-0.2, 0) is 0 Å². The van der Waals surface area contributed by atoms with E-state index in [0.717, 1.165) is 12.1 Å². The first-order valence-electron chi connectivity index (χ1n) is 3.20. The number of hydrogen-bond donors (Lipinski definition) is 3. The molecule has 0 aromatic carbocycles. The van der Waals surface area contributed by atoms with Crippen LogP contribution >= 0.6 is 0 Å². The van der Waals surface area contributed by atoms with Crippen molar-refractivity contribution in [1.82, 2.24) is 20.8 Å². The van der Waals surface area contributed by atoms with Gasteiger partial charge in [0.15, 0.2) is 0 Å². The van der Waals surface area contributed by atoms with Crippen LogP contribution in [0, 0.1) is 0 Å². The van der Waals surface area contributed by atoms with E-state index >= 15 is 0 Å². The third-order valence-electron chi connectivity index (χ3n) is 1.40. The van der Waals surface area contributed by atoms with Crippen LogP contribution in [0.2, 0.25) is 0 Å².